The molecule has 0 saturated heterocycles. The van der Waals surface area contributed by atoms with Gasteiger partial charge >= 0.3 is 84.4 Å². The van der Waals surface area contributed by atoms with Crippen LogP contribution in [-0.2, 0) is 144 Å². The molecule has 0 aromatic carbocycles. The molecule has 0 bridgehead atoms. The van der Waals surface area contributed by atoms with Crippen molar-refractivity contribution in [2.45, 2.75) is 261 Å². The van der Waals surface area contributed by atoms with Gasteiger partial charge in [0.2, 0.25) is 0 Å². The fraction of sp³-hybridized carbons (Fsp3) is 0.797. The minimum Gasteiger partial charge on any atom is -0.480 e. The Bertz CT molecular complexity index is 3760. The van der Waals surface area contributed by atoms with Crippen LogP contribution < -0.4 is 45.5 Å². The molecule has 0 spiro atoms. The number of carbonyl (C=O) groups is 14. The van der Waals surface area contributed by atoms with E-state index in [-0.39, 0.29) is 124 Å². The number of carbonyl (C=O) groups excluding carboxylic acids is 7. The number of esters is 2. The number of carboxylic acid groups (broad SMARTS) is 7. The Morgan fingerprint density at radius 1 is 0.253 bits per heavy atom. The molecule has 0 radical (unpaired) electrons. The van der Waals surface area contributed by atoms with Crippen molar-refractivity contribution in [2.24, 2.45) is 40.1 Å². The van der Waals surface area contributed by atoms with E-state index in [1.165, 1.54) is 48.5 Å². The Morgan fingerprint density at radius 2 is 0.479 bits per heavy atom. The predicted molar refractivity (Wildman–Crippen MR) is 460 cm³/mol. The predicted octanol–water partition coefficient (Wildman–Crippen LogP) is -1.42. The highest BCUT2D eigenvalue weighted by molar-refractivity contribution is 5.78. The average molecular weight is 2150 g/mol. The number of aliphatic carboxylic acids is 7. The first-order chi connectivity index (χ1) is 68.0. The highest BCUT2D eigenvalue weighted by Crippen LogP contribution is 2.13. The SMILES string of the molecule is CC(OC(=O)CCCCCO[N+](=O)[O-])C(N)C(=O)O.CC(OC(=O)CCCO[N+](=O)[O-])C(N)C(=O)O.CC(OC(=O)NCCCCC(CO[N+](=O)[O-])O[N+](=O)[O-])C(N)C(=O)O.CC(OC(=O)OCCCCC(CO[N+](=O)[O-])O[N+](=O)[O-])C(N)C(=O)O.CC(OC(=O)OCCCCCCO[N+](=O)[O-])C(N)C(=O)O.CC(OC(=O)OCCCCO[N+](=O)[O-])C(N)C(=O)O.CC(OC(=O)OCCOCCO[N+](=O)[O-])C(N)C(=O)O. The number of ether oxygens (including phenoxy) is 12. The van der Waals surface area contributed by atoms with E-state index in [4.69, 9.17) is 99.6 Å². The normalized spacial score (nSPS) is 13.4. The Kier molecular flexibility index (Phi) is 86.3. The number of nitrogens with zero attached hydrogens (tertiary/aromatic N) is 9. The summed E-state index contributed by atoms with van der Waals surface area (Å²) in [7, 11) is 0. The van der Waals surface area contributed by atoms with Crippen LogP contribution in [0.25, 0.3) is 0 Å². The molecular formula is C69H123N17O60. The van der Waals surface area contributed by atoms with Gasteiger partial charge in [0.1, 0.15) is 124 Å². The fourth-order valence-electron chi connectivity index (χ4n) is 8.44. The van der Waals surface area contributed by atoms with Gasteiger partial charge in [-0.3, -0.25) is 43.2 Å². The van der Waals surface area contributed by atoms with Crippen molar-refractivity contribution in [1.82, 2.24) is 5.32 Å². The number of unbranched alkanes of at least 4 members (excludes halogenated alkanes) is 8. The molecule has 0 aliphatic heterocycles. The summed E-state index contributed by atoms with van der Waals surface area (Å²) in [5.41, 5.74) is 36.7. The molecule has 22 N–H and O–H groups in total. The maximum absolute atomic E-state index is 11.4. The minimum atomic E-state index is -1.39. The molecule has 0 aromatic rings. The van der Waals surface area contributed by atoms with Crippen molar-refractivity contribution < 1.29 is 249 Å². The summed E-state index contributed by atoms with van der Waals surface area (Å²) in [6.45, 7) is 7.54. The molecule has 844 valence electrons. The number of alkyl carbamates (subject to hydrolysis) is 1. The van der Waals surface area contributed by atoms with E-state index in [9.17, 15) is 158 Å². The zero-order valence-electron chi connectivity index (χ0n) is 79.2. The number of hydrogen-bond donors (Lipinski definition) is 15. The lowest BCUT2D eigenvalue weighted by Gasteiger charge is -2.17. The van der Waals surface area contributed by atoms with Gasteiger partial charge in [-0.1, -0.05) is 12.8 Å². The first-order valence-electron chi connectivity index (χ1n) is 42.1. The van der Waals surface area contributed by atoms with Gasteiger partial charge < -0.3 is 182 Å². The number of hydrogen-bond acceptors (Lipinski definition) is 60. The summed E-state index contributed by atoms with van der Waals surface area (Å²) < 4.78 is 56.3. The molecule has 0 aromatic heterocycles. The Hall–Kier alpha value is -15.9. The number of rotatable bonds is 74. The number of nitrogens with two attached hydrogens (primary N) is 7. The van der Waals surface area contributed by atoms with Gasteiger partial charge in [0.25, 0.3) is 45.8 Å². The van der Waals surface area contributed by atoms with E-state index in [0.29, 0.717) is 70.6 Å². The van der Waals surface area contributed by atoms with Crippen molar-refractivity contribution in [3.8, 4) is 0 Å². The van der Waals surface area contributed by atoms with Gasteiger partial charge in [-0.25, -0.2) is 24.0 Å². The molecule has 0 aliphatic carbocycles. The van der Waals surface area contributed by atoms with Crippen LogP contribution in [0.4, 0.5) is 24.0 Å². The first kappa shape index (κ1) is 143. The van der Waals surface area contributed by atoms with Crippen LogP contribution in [0.3, 0.4) is 0 Å². The smallest absolute Gasteiger partial charge is 0.480 e. The van der Waals surface area contributed by atoms with Crippen molar-refractivity contribution in [3.05, 3.63) is 91.0 Å². The molecular weight excluding hydrogens is 2030 g/mol. The Balaban J connectivity index is -0.000000310. The first-order valence-corrected chi connectivity index (χ1v) is 42.1. The molecule has 0 aliphatic rings. The van der Waals surface area contributed by atoms with Gasteiger partial charge in [0.15, 0.2) is 0 Å². The zero-order chi connectivity index (χ0) is 114. The lowest BCUT2D eigenvalue weighted by molar-refractivity contribution is -0.790. The zero-order valence-corrected chi connectivity index (χ0v) is 79.2. The van der Waals surface area contributed by atoms with E-state index in [1.54, 1.807) is 0 Å². The lowest BCUT2D eigenvalue weighted by Crippen LogP contribution is -2.44. The summed E-state index contributed by atoms with van der Waals surface area (Å²) in [5.74, 6) is -10.3. The summed E-state index contributed by atoms with van der Waals surface area (Å²) in [6, 6.07) is -9.29. The summed E-state index contributed by atoms with van der Waals surface area (Å²) >= 11 is 0. The molecule has 0 rings (SSSR count). The maximum Gasteiger partial charge on any atom is 0.508 e. The van der Waals surface area contributed by atoms with Gasteiger partial charge in [-0.15, -0.1) is 91.0 Å². The molecule has 16 atom stereocenters. The van der Waals surface area contributed by atoms with E-state index in [0.717, 1.165) is 0 Å². The molecule has 146 heavy (non-hydrogen) atoms. The highest BCUT2D eigenvalue weighted by atomic mass is 17.0. The van der Waals surface area contributed by atoms with E-state index < -0.39 is 241 Å². The monoisotopic (exact) mass is 2150 g/mol. The molecule has 1 amide bonds. The molecule has 16 unspecified atom stereocenters. The van der Waals surface area contributed by atoms with E-state index >= 15 is 0 Å². The number of carboxylic acids is 7. The van der Waals surface area contributed by atoms with Gasteiger partial charge in [-0.2, -0.15) is 0 Å². The standard InChI is InChI=1S/C11H20N4O10.C11H19N3O11.C11H20N2O8.C10H18N2O7.C9H16N2O9.C9H16N2O8.C8H14N2O7/c1-7(9(12)10(16)17)24-11(18)13-5-3-2-4-8(25-15(21)22)6-23-14(19)20;1-7(9(12)10(15)16)24-11(17)22-5-3-2-4-8(25-14(20)21)6-23-13(18)19;1-8(9(12)10(14)15)21-11(16)19-6-4-2-3-5-7-20-13(17)18;1-7(9(11)10(14)15)19-8(13)5-3-2-4-6-18-12(16)17;1-6(7(10)8(12)13)20-9(14)18-4-2-17-3-5-19-11(15)16;1-6(7(10)8(12)13)19-9(14)17-4-2-3-5-18-11(15)16;1-5(7(9)8(12)13)17-6(11)3-2-4-16-10(14)15/h7-9H,2-6,12H2,1H3,(H,13,18)(H,16,17);7-9H,2-6,12H2,1H3,(H,15,16);8-9H,2-7,12H2,1H3,(H,14,15);7,9H,2-6,11H2,1H3,(H,14,15);6-7H,2-5,10H2,1H3,(H,12,13);6-7H,2-5,10H2,1H3,(H,12,13);5,7H,2-4,9H2,1H3,(H,12,13). The Labute approximate surface area is 821 Å². The minimum absolute atomic E-state index is 0.0116. The van der Waals surface area contributed by atoms with Crippen LogP contribution in [0.5, 0.6) is 0 Å². The molecule has 77 heteroatoms. The molecule has 0 fully saturated rings. The van der Waals surface area contributed by atoms with Crippen LogP contribution in [0, 0.1) is 91.0 Å². The van der Waals surface area contributed by atoms with Crippen molar-refractivity contribution >= 4 is 84.4 Å². The number of amides is 1. The van der Waals surface area contributed by atoms with Gasteiger partial charge in [-0.05, 0) is 138 Å². The van der Waals surface area contributed by atoms with Crippen molar-refractivity contribution in [3.63, 3.8) is 0 Å². The molecule has 0 saturated carbocycles. The second-order valence-electron chi connectivity index (χ2n) is 28.0. The van der Waals surface area contributed by atoms with Gasteiger partial charge in [0, 0.05) is 19.4 Å². The van der Waals surface area contributed by atoms with Crippen molar-refractivity contribution in [1.29, 1.82) is 0 Å². The third-order valence-corrected chi connectivity index (χ3v) is 16.4. The lowest BCUT2D eigenvalue weighted by atomic mass is 10.1. The summed E-state index contributed by atoms with van der Waals surface area (Å²) in [4.78, 5) is 279. The van der Waals surface area contributed by atoms with Crippen LogP contribution in [0.2, 0.25) is 0 Å². The van der Waals surface area contributed by atoms with Crippen LogP contribution in [0.15, 0.2) is 0 Å². The third kappa shape index (κ3) is 94.3. The highest BCUT2D eigenvalue weighted by Gasteiger charge is 2.31. The van der Waals surface area contributed by atoms with Crippen LogP contribution in [-0.4, -0.2) is 356 Å². The summed E-state index contributed by atoms with van der Waals surface area (Å²) in [5, 5.41) is 143. The van der Waals surface area contributed by atoms with E-state index in [1.807, 2.05) is 0 Å². The quantitative estimate of drug-likeness (QED) is 0.0109. The summed E-state index contributed by atoms with van der Waals surface area (Å²) in [6.07, 6.45) is -8.20. The van der Waals surface area contributed by atoms with Crippen LogP contribution >= 0.6 is 0 Å². The number of nitrogens with one attached hydrogen (secondary N) is 1. The fourth-order valence-corrected chi connectivity index (χ4v) is 8.44. The third-order valence-electron chi connectivity index (χ3n) is 16.4. The second kappa shape index (κ2) is 88.0. The van der Waals surface area contributed by atoms with E-state index in [2.05, 4.69) is 82.0 Å². The average Bonchev–Trinajstić information content (AvgIpc) is 0.868. The largest absolute Gasteiger partial charge is 0.508 e. The van der Waals surface area contributed by atoms with Gasteiger partial charge in [0.05, 0.1) is 59.5 Å². The Morgan fingerprint density at radius 3 is 0.774 bits per heavy atom. The maximum atomic E-state index is 11.4. The van der Waals surface area contributed by atoms with Crippen LogP contribution in [0.1, 0.15) is 164 Å². The topological polar surface area (TPSA) is 1160 Å². The second-order valence-corrected chi connectivity index (χ2v) is 28.0. The molecule has 0 heterocycles. The molecule has 77 nitrogen and oxygen atoms in total. The van der Waals surface area contributed by atoms with Crippen molar-refractivity contribution in [2.75, 3.05) is 92.4 Å².